The molecule has 3 heteroatoms. The molecule has 96 valence electrons. The number of aliphatic hydroxyl groups excluding tert-OH is 1. The zero-order valence-corrected chi connectivity index (χ0v) is 11.0. The number of carbonyl (C=O) groups is 1. The van der Waals surface area contributed by atoms with Crippen LogP contribution < -0.4 is 5.32 Å². The highest BCUT2D eigenvalue weighted by Crippen LogP contribution is 2.17. The van der Waals surface area contributed by atoms with Gasteiger partial charge in [-0.15, -0.1) is 0 Å². The molecule has 2 N–H and O–H groups in total. The minimum Gasteiger partial charge on any atom is -0.384 e. The number of aliphatic hydroxyl groups is 1. The van der Waals surface area contributed by atoms with Crippen LogP contribution in [-0.4, -0.2) is 17.6 Å². The molecule has 1 aromatic rings. The first-order valence-electron chi connectivity index (χ1n) is 6.06. The number of hydrogen-bond donors (Lipinski definition) is 2. The maximum absolute atomic E-state index is 12.0. The van der Waals surface area contributed by atoms with Crippen molar-refractivity contribution in [3.63, 3.8) is 0 Å². The summed E-state index contributed by atoms with van der Waals surface area (Å²) in [6.07, 6.45) is 0. The molecule has 0 aromatic heterocycles. The lowest BCUT2D eigenvalue weighted by molar-refractivity contribution is -0.120. The molecule has 1 unspecified atom stereocenters. The molecule has 3 nitrogen and oxygen atoms in total. The van der Waals surface area contributed by atoms with E-state index in [0.717, 1.165) is 5.56 Å². The predicted molar refractivity (Wildman–Crippen MR) is 73.0 cm³/mol. The van der Waals surface area contributed by atoms with Crippen molar-refractivity contribution in [3.8, 4) is 11.8 Å². The highest BCUT2D eigenvalue weighted by atomic mass is 16.2. The second kappa shape index (κ2) is 6.83. The third-order valence-electron chi connectivity index (χ3n) is 2.90. The Morgan fingerprint density at radius 3 is 2.61 bits per heavy atom. The summed E-state index contributed by atoms with van der Waals surface area (Å²) in [6, 6.07) is 7.33. The molecular weight excluding hydrogens is 226 g/mol. The highest BCUT2D eigenvalue weighted by molar-refractivity contribution is 5.93. The lowest BCUT2D eigenvalue weighted by atomic mass is 9.97. The standard InChI is InChI=1S/C15H19NO2/c1-11(2)12(3)15(18)16-14-9-5-4-7-13(14)8-6-10-17/h4-5,7,9,11-12,17H,10H2,1-3H3,(H,16,18). The van der Waals surface area contributed by atoms with Gasteiger partial charge >= 0.3 is 0 Å². The monoisotopic (exact) mass is 245 g/mol. The molecule has 0 radical (unpaired) electrons. The third-order valence-corrected chi connectivity index (χ3v) is 2.90. The maximum atomic E-state index is 12.0. The molecule has 0 fully saturated rings. The number of benzene rings is 1. The minimum atomic E-state index is -0.190. The number of hydrogen-bond acceptors (Lipinski definition) is 2. The number of rotatable bonds is 3. The zero-order chi connectivity index (χ0) is 13.5. The van der Waals surface area contributed by atoms with E-state index in [-0.39, 0.29) is 18.4 Å². The summed E-state index contributed by atoms with van der Waals surface area (Å²) in [7, 11) is 0. The molecule has 1 rings (SSSR count). The maximum Gasteiger partial charge on any atom is 0.227 e. The summed E-state index contributed by atoms with van der Waals surface area (Å²) in [4.78, 5) is 12.0. The van der Waals surface area contributed by atoms with Crippen molar-refractivity contribution in [2.75, 3.05) is 11.9 Å². The number of para-hydroxylation sites is 1. The molecule has 0 saturated carbocycles. The lowest BCUT2D eigenvalue weighted by Gasteiger charge is -2.16. The largest absolute Gasteiger partial charge is 0.384 e. The Kier molecular flexibility index (Phi) is 5.41. The normalized spacial score (nSPS) is 11.6. The van der Waals surface area contributed by atoms with Crippen molar-refractivity contribution < 1.29 is 9.90 Å². The van der Waals surface area contributed by atoms with Gasteiger partial charge in [-0.3, -0.25) is 4.79 Å². The fraction of sp³-hybridized carbons (Fsp3) is 0.400. The van der Waals surface area contributed by atoms with Gasteiger partial charge in [0, 0.05) is 11.5 Å². The molecule has 0 aliphatic carbocycles. The van der Waals surface area contributed by atoms with E-state index in [1.807, 2.05) is 45.0 Å². The summed E-state index contributed by atoms with van der Waals surface area (Å²) in [5.74, 6) is 5.64. The van der Waals surface area contributed by atoms with E-state index in [2.05, 4.69) is 17.2 Å². The quantitative estimate of drug-likeness (QED) is 0.802. The van der Waals surface area contributed by atoms with Gasteiger partial charge in [-0.05, 0) is 18.1 Å². The molecule has 1 amide bonds. The van der Waals surface area contributed by atoms with Crippen LogP contribution in [0.15, 0.2) is 24.3 Å². The molecule has 0 spiro atoms. The first kappa shape index (κ1) is 14.3. The van der Waals surface area contributed by atoms with E-state index in [9.17, 15) is 4.79 Å². The molecule has 0 aliphatic rings. The topological polar surface area (TPSA) is 49.3 Å². The summed E-state index contributed by atoms with van der Waals surface area (Å²) >= 11 is 0. The number of anilines is 1. The molecule has 18 heavy (non-hydrogen) atoms. The van der Waals surface area contributed by atoms with Crippen molar-refractivity contribution >= 4 is 11.6 Å². The summed E-state index contributed by atoms with van der Waals surface area (Å²) < 4.78 is 0. The fourth-order valence-corrected chi connectivity index (χ4v) is 1.39. The number of amides is 1. The average Bonchev–Trinajstić information content (AvgIpc) is 2.36. The average molecular weight is 245 g/mol. The van der Waals surface area contributed by atoms with E-state index in [1.165, 1.54) is 0 Å². The first-order valence-corrected chi connectivity index (χ1v) is 6.06. The number of nitrogens with one attached hydrogen (secondary N) is 1. The van der Waals surface area contributed by atoms with Crippen LogP contribution in [0.2, 0.25) is 0 Å². The van der Waals surface area contributed by atoms with Gasteiger partial charge in [0.15, 0.2) is 0 Å². The van der Waals surface area contributed by atoms with Crippen LogP contribution in [0.25, 0.3) is 0 Å². The van der Waals surface area contributed by atoms with Crippen molar-refractivity contribution in [2.45, 2.75) is 20.8 Å². The van der Waals surface area contributed by atoms with Gasteiger partial charge < -0.3 is 10.4 Å². The Labute approximate surface area is 108 Å². The van der Waals surface area contributed by atoms with Gasteiger partial charge in [0.2, 0.25) is 5.91 Å². The Morgan fingerprint density at radius 1 is 1.33 bits per heavy atom. The van der Waals surface area contributed by atoms with Crippen molar-refractivity contribution in [2.24, 2.45) is 11.8 Å². The van der Waals surface area contributed by atoms with Crippen LogP contribution in [0, 0.1) is 23.7 Å². The summed E-state index contributed by atoms with van der Waals surface area (Å²) in [5.41, 5.74) is 1.41. The van der Waals surface area contributed by atoms with Crippen LogP contribution in [0.1, 0.15) is 26.3 Å². The zero-order valence-electron chi connectivity index (χ0n) is 11.0. The van der Waals surface area contributed by atoms with Crippen molar-refractivity contribution in [3.05, 3.63) is 29.8 Å². The molecule has 1 atom stereocenters. The molecule has 0 aliphatic heterocycles. The highest BCUT2D eigenvalue weighted by Gasteiger charge is 2.17. The third kappa shape index (κ3) is 3.90. The summed E-state index contributed by atoms with van der Waals surface area (Å²) in [6.45, 7) is 5.75. The molecule has 1 aromatic carbocycles. The van der Waals surface area contributed by atoms with E-state index >= 15 is 0 Å². The Balaban J connectivity index is 2.87. The number of carbonyl (C=O) groups excluding carboxylic acids is 1. The van der Waals surface area contributed by atoms with Crippen molar-refractivity contribution in [1.82, 2.24) is 0 Å². The van der Waals surface area contributed by atoms with E-state index in [4.69, 9.17) is 5.11 Å². The van der Waals surface area contributed by atoms with Crippen LogP contribution in [0.4, 0.5) is 5.69 Å². The molecule has 0 saturated heterocycles. The van der Waals surface area contributed by atoms with E-state index < -0.39 is 0 Å². The van der Waals surface area contributed by atoms with Gasteiger partial charge in [-0.1, -0.05) is 44.7 Å². The summed E-state index contributed by atoms with van der Waals surface area (Å²) in [5, 5.41) is 11.6. The van der Waals surface area contributed by atoms with Gasteiger partial charge in [0.05, 0.1) is 5.69 Å². The Hall–Kier alpha value is -1.79. The van der Waals surface area contributed by atoms with Crippen LogP contribution in [0.5, 0.6) is 0 Å². The Bertz CT molecular complexity index is 469. The predicted octanol–water partition coefficient (Wildman–Crippen LogP) is 2.26. The van der Waals surface area contributed by atoms with E-state index in [1.54, 1.807) is 0 Å². The molecular formula is C15H19NO2. The fourth-order valence-electron chi connectivity index (χ4n) is 1.39. The van der Waals surface area contributed by atoms with E-state index in [0.29, 0.717) is 11.6 Å². The molecule has 0 heterocycles. The molecule has 0 bridgehead atoms. The SMILES string of the molecule is CC(C)C(C)C(=O)Nc1ccccc1C#CCO. The van der Waals surface area contributed by atoms with Gasteiger partial charge in [0.25, 0.3) is 0 Å². The van der Waals surface area contributed by atoms with Crippen molar-refractivity contribution in [1.29, 1.82) is 0 Å². The Morgan fingerprint density at radius 2 is 2.00 bits per heavy atom. The second-order valence-electron chi connectivity index (χ2n) is 4.53. The van der Waals surface area contributed by atoms with Gasteiger partial charge in [-0.25, -0.2) is 0 Å². The van der Waals surface area contributed by atoms with Crippen LogP contribution in [-0.2, 0) is 4.79 Å². The van der Waals surface area contributed by atoms with Gasteiger partial charge in [0.1, 0.15) is 6.61 Å². The lowest BCUT2D eigenvalue weighted by Crippen LogP contribution is -2.24. The van der Waals surface area contributed by atoms with Gasteiger partial charge in [-0.2, -0.15) is 0 Å². The smallest absolute Gasteiger partial charge is 0.227 e. The minimum absolute atomic E-state index is 0.0109. The van der Waals surface area contributed by atoms with Crippen LogP contribution in [0.3, 0.4) is 0 Å². The second-order valence-corrected chi connectivity index (χ2v) is 4.53. The first-order chi connectivity index (χ1) is 8.56. The van der Waals surface area contributed by atoms with Crippen LogP contribution >= 0.6 is 0 Å².